The van der Waals surface area contributed by atoms with E-state index in [1.54, 1.807) is 6.20 Å². The lowest BCUT2D eigenvalue weighted by molar-refractivity contribution is -0.0273. The summed E-state index contributed by atoms with van der Waals surface area (Å²) in [5.74, 6) is 0.626. The molecule has 2 fully saturated rings. The third-order valence-corrected chi connectivity index (χ3v) is 4.89. The van der Waals surface area contributed by atoms with Crippen molar-refractivity contribution in [3.05, 3.63) is 17.5 Å². The molecule has 7 heteroatoms. The van der Waals surface area contributed by atoms with Gasteiger partial charge in [0.05, 0.1) is 12.4 Å². The van der Waals surface area contributed by atoms with Crippen molar-refractivity contribution < 1.29 is 14.3 Å². The normalized spacial score (nSPS) is 29.5. The number of rotatable bonds is 2. The van der Waals surface area contributed by atoms with Crippen LogP contribution in [0.25, 0.3) is 0 Å². The summed E-state index contributed by atoms with van der Waals surface area (Å²) in [5.41, 5.74) is -0.483. The zero-order valence-electron chi connectivity index (χ0n) is 14.5. The number of hydrogen-bond acceptors (Lipinski definition) is 5. The van der Waals surface area contributed by atoms with Crippen LogP contribution in [-0.2, 0) is 4.74 Å². The van der Waals surface area contributed by atoms with E-state index in [9.17, 15) is 4.79 Å². The van der Waals surface area contributed by atoms with E-state index in [1.807, 2.05) is 25.7 Å². The fraction of sp³-hybridized carbons (Fsp3) is 0.706. The average molecular weight is 354 g/mol. The van der Waals surface area contributed by atoms with Gasteiger partial charge in [0, 0.05) is 24.4 Å². The molecule has 132 valence electrons. The molecule has 2 bridgehead atoms. The lowest BCUT2D eigenvalue weighted by atomic mass is 9.89. The van der Waals surface area contributed by atoms with Crippen LogP contribution >= 0.6 is 11.6 Å². The molecule has 0 unspecified atom stereocenters. The molecule has 2 saturated heterocycles. The van der Waals surface area contributed by atoms with Crippen LogP contribution < -0.4 is 4.74 Å². The van der Waals surface area contributed by atoms with Crippen molar-refractivity contribution in [1.82, 2.24) is 14.9 Å². The van der Waals surface area contributed by atoms with E-state index in [2.05, 4.69) is 16.9 Å². The summed E-state index contributed by atoms with van der Waals surface area (Å²) in [7, 11) is 0. The number of ether oxygens (including phenoxy) is 2. The molecule has 0 saturated carbocycles. The van der Waals surface area contributed by atoms with Crippen LogP contribution in [-0.4, -0.2) is 44.7 Å². The molecule has 1 aromatic heterocycles. The molecule has 3 rings (SSSR count). The number of fused-ring (bicyclic) bond motifs is 2. The van der Waals surface area contributed by atoms with Gasteiger partial charge in [0.2, 0.25) is 5.88 Å². The third kappa shape index (κ3) is 3.58. The predicted molar refractivity (Wildman–Crippen MR) is 90.1 cm³/mol. The molecule has 3 heterocycles. The molecule has 2 aliphatic rings. The monoisotopic (exact) mass is 353 g/mol. The van der Waals surface area contributed by atoms with E-state index < -0.39 is 5.60 Å². The molecule has 6 nitrogen and oxygen atoms in total. The van der Waals surface area contributed by atoms with Gasteiger partial charge in [-0.15, -0.1) is 0 Å². The van der Waals surface area contributed by atoms with Gasteiger partial charge in [-0.3, -0.25) is 4.98 Å². The minimum atomic E-state index is -0.483. The van der Waals surface area contributed by atoms with E-state index in [1.165, 1.54) is 6.20 Å². The maximum atomic E-state index is 12.6. The second-order valence-corrected chi connectivity index (χ2v) is 8.00. The number of piperidine rings is 1. The van der Waals surface area contributed by atoms with Crippen molar-refractivity contribution in [2.45, 2.75) is 70.7 Å². The van der Waals surface area contributed by atoms with Crippen LogP contribution in [0.15, 0.2) is 12.4 Å². The summed E-state index contributed by atoms with van der Waals surface area (Å²) in [6.07, 6.45) is 5.55. The zero-order valence-corrected chi connectivity index (χ0v) is 15.3. The Labute approximate surface area is 147 Å². The van der Waals surface area contributed by atoms with Crippen LogP contribution in [0.2, 0.25) is 5.15 Å². The molecular formula is C17H24ClN3O3. The van der Waals surface area contributed by atoms with Crippen molar-refractivity contribution in [2.24, 2.45) is 5.92 Å². The van der Waals surface area contributed by atoms with E-state index in [-0.39, 0.29) is 30.2 Å². The Morgan fingerprint density at radius 1 is 1.33 bits per heavy atom. The predicted octanol–water partition coefficient (Wildman–Crippen LogP) is 3.69. The maximum Gasteiger partial charge on any atom is 0.410 e. The van der Waals surface area contributed by atoms with Gasteiger partial charge in [-0.2, -0.15) is 4.98 Å². The Kier molecular flexibility index (Phi) is 4.60. The minimum Gasteiger partial charge on any atom is -0.473 e. The molecule has 0 aliphatic carbocycles. The fourth-order valence-corrected chi connectivity index (χ4v) is 3.82. The number of carbonyl (C=O) groups is 1. The molecule has 0 N–H and O–H groups in total. The molecule has 1 amide bonds. The topological polar surface area (TPSA) is 64.6 Å². The van der Waals surface area contributed by atoms with Gasteiger partial charge in [-0.05, 0) is 33.6 Å². The fourth-order valence-electron chi connectivity index (χ4n) is 3.68. The van der Waals surface area contributed by atoms with Gasteiger partial charge >= 0.3 is 6.09 Å². The number of nitrogens with zero attached hydrogens (tertiary/aromatic N) is 3. The highest BCUT2D eigenvalue weighted by atomic mass is 35.5. The van der Waals surface area contributed by atoms with E-state index in [4.69, 9.17) is 21.1 Å². The molecule has 0 aromatic carbocycles. The van der Waals surface area contributed by atoms with E-state index >= 15 is 0 Å². The van der Waals surface area contributed by atoms with Crippen molar-refractivity contribution in [1.29, 1.82) is 0 Å². The van der Waals surface area contributed by atoms with Crippen LogP contribution in [0, 0.1) is 5.92 Å². The quantitative estimate of drug-likeness (QED) is 0.811. The lowest BCUT2D eigenvalue weighted by Gasteiger charge is -2.43. The van der Waals surface area contributed by atoms with E-state index in [0.29, 0.717) is 11.0 Å². The third-order valence-electron chi connectivity index (χ3n) is 4.70. The molecule has 4 atom stereocenters. The van der Waals surface area contributed by atoms with Gasteiger partial charge in [-0.25, -0.2) is 4.79 Å². The molecule has 2 aliphatic heterocycles. The van der Waals surface area contributed by atoms with Crippen molar-refractivity contribution in [3.63, 3.8) is 0 Å². The summed E-state index contributed by atoms with van der Waals surface area (Å²) in [5, 5.41) is 0.314. The lowest BCUT2D eigenvalue weighted by Crippen LogP contribution is -2.55. The Bertz CT molecular complexity index is 619. The van der Waals surface area contributed by atoms with Gasteiger partial charge in [0.25, 0.3) is 0 Å². The van der Waals surface area contributed by atoms with Gasteiger partial charge in [-0.1, -0.05) is 18.5 Å². The van der Waals surface area contributed by atoms with Crippen molar-refractivity contribution in [2.75, 3.05) is 0 Å². The first-order chi connectivity index (χ1) is 11.2. The number of carbonyl (C=O) groups excluding carboxylic acids is 1. The number of amides is 1. The average Bonchev–Trinajstić information content (AvgIpc) is 2.81. The SMILES string of the molecule is C[C@@H]1[C@H]2CC[C@@H](C[C@H]1Oc1cncc(Cl)n1)N2C(=O)OC(C)(C)C. The van der Waals surface area contributed by atoms with Crippen molar-refractivity contribution in [3.8, 4) is 5.88 Å². The summed E-state index contributed by atoms with van der Waals surface area (Å²) >= 11 is 5.87. The Morgan fingerprint density at radius 3 is 2.75 bits per heavy atom. The zero-order chi connectivity index (χ0) is 17.5. The number of halogens is 1. The highest BCUT2D eigenvalue weighted by Gasteiger charge is 2.49. The smallest absolute Gasteiger partial charge is 0.410 e. The van der Waals surface area contributed by atoms with Crippen LogP contribution in [0.1, 0.15) is 47.0 Å². The Morgan fingerprint density at radius 2 is 2.08 bits per heavy atom. The molecule has 0 radical (unpaired) electrons. The van der Waals surface area contributed by atoms with Crippen LogP contribution in [0.5, 0.6) is 5.88 Å². The molecular weight excluding hydrogens is 330 g/mol. The van der Waals surface area contributed by atoms with Gasteiger partial charge in [0.15, 0.2) is 5.15 Å². The molecule has 1 aromatic rings. The minimum absolute atomic E-state index is 0.00560. The summed E-state index contributed by atoms with van der Waals surface area (Å²) in [6, 6.07) is 0.286. The van der Waals surface area contributed by atoms with Crippen molar-refractivity contribution >= 4 is 17.7 Å². The molecule has 24 heavy (non-hydrogen) atoms. The second-order valence-electron chi connectivity index (χ2n) is 7.62. The summed E-state index contributed by atoms with van der Waals surface area (Å²) < 4.78 is 11.6. The van der Waals surface area contributed by atoms with Crippen LogP contribution in [0.4, 0.5) is 4.79 Å². The van der Waals surface area contributed by atoms with E-state index in [0.717, 1.165) is 19.3 Å². The van der Waals surface area contributed by atoms with Crippen LogP contribution in [0.3, 0.4) is 0 Å². The Balaban J connectivity index is 1.71. The maximum absolute atomic E-state index is 12.6. The Hall–Kier alpha value is -1.56. The number of hydrogen-bond donors (Lipinski definition) is 0. The summed E-state index contributed by atoms with van der Waals surface area (Å²) in [6.45, 7) is 7.80. The van der Waals surface area contributed by atoms with Gasteiger partial charge in [0.1, 0.15) is 11.7 Å². The first-order valence-electron chi connectivity index (χ1n) is 8.40. The second kappa shape index (κ2) is 6.39. The highest BCUT2D eigenvalue weighted by molar-refractivity contribution is 6.29. The number of aromatic nitrogens is 2. The first kappa shape index (κ1) is 17.3. The first-order valence-corrected chi connectivity index (χ1v) is 8.78. The van der Waals surface area contributed by atoms with Gasteiger partial charge < -0.3 is 14.4 Å². The highest BCUT2D eigenvalue weighted by Crippen LogP contribution is 2.41. The largest absolute Gasteiger partial charge is 0.473 e. The standard InChI is InChI=1S/C17H24ClN3O3/c1-10-12-6-5-11(21(12)16(22)24-17(2,3)4)7-13(10)23-15-9-19-8-14(18)20-15/h8-13H,5-7H2,1-4H3/t10-,11+,12-,13-/m1/s1. The molecule has 0 spiro atoms. The summed E-state index contributed by atoms with van der Waals surface area (Å²) in [4.78, 5) is 22.6.